The van der Waals surface area contributed by atoms with Crippen LogP contribution in [0.3, 0.4) is 0 Å². The molecule has 4 heteroatoms. The fraction of sp³-hybridized carbons (Fsp3) is 0.200. The number of pyridine rings is 1. The molecular weight excluding hydrogens is 238 g/mol. The fourth-order valence-corrected chi connectivity index (χ4v) is 1.89. The first-order valence-electron chi connectivity index (χ1n) is 6.29. The summed E-state index contributed by atoms with van der Waals surface area (Å²) < 4.78 is 2.12. The molecule has 0 atom stereocenters. The summed E-state index contributed by atoms with van der Waals surface area (Å²) in [4.78, 5) is 11.1. The zero-order chi connectivity index (χ0) is 13.5. The smallest absolute Gasteiger partial charge is 0.234 e. The Kier molecular flexibility index (Phi) is 4.64. The van der Waals surface area contributed by atoms with Gasteiger partial charge in [-0.25, -0.2) is 10.4 Å². The predicted octanol–water partition coefficient (Wildman–Crippen LogP) is 0.945. The van der Waals surface area contributed by atoms with Crippen LogP contribution in [0.1, 0.15) is 17.5 Å². The van der Waals surface area contributed by atoms with E-state index in [9.17, 15) is 4.79 Å². The Morgan fingerprint density at radius 1 is 1.05 bits per heavy atom. The first-order chi connectivity index (χ1) is 9.28. The van der Waals surface area contributed by atoms with Crippen molar-refractivity contribution in [1.29, 1.82) is 0 Å². The number of rotatable bonds is 5. The second kappa shape index (κ2) is 6.66. The van der Waals surface area contributed by atoms with Crippen LogP contribution in [0, 0.1) is 0 Å². The molecule has 1 heterocycles. The third-order valence-corrected chi connectivity index (χ3v) is 2.97. The van der Waals surface area contributed by atoms with Crippen LogP contribution < -0.4 is 15.8 Å². The van der Waals surface area contributed by atoms with Crippen molar-refractivity contribution in [3.63, 3.8) is 0 Å². The molecule has 0 spiro atoms. The van der Waals surface area contributed by atoms with E-state index in [2.05, 4.69) is 34.3 Å². The maximum atomic E-state index is 11.1. The summed E-state index contributed by atoms with van der Waals surface area (Å²) >= 11 is 0. The molecule has 1 aromatic carbocycles. The number of nitrogens with one attached hydrogen (secondary N) is 1. The van der Waals surface area contributed by atoms with Gasteiger partial charge in [0, 0.05) is 24.1 Å². The number of hydrazine groups is 1. The Hall–Kier alpha value is -2.20. The van der Waals surface area contributed by atoms with Crippen LogP contribution in [0.15, 0.2) is 54.9 Å². The van der Waals surface area contributed by atoms with Crippen molar-refractivity contribution >= 4 is 5.91 Å². The molecule has 0 saturated heterocycles. The molecule has 0 radical (unpaired) electrons. The molecule has 1 aromatic heterocycles. The number of benzene rings is 1. The molecule has 19 heavy (non-hydrogen) atoms. The summed E-state index contributed by atoms with van der Waals surface area (Å²) in [5.74, 6) is 4.91. The van der Waals surface area contributed by atoms with Crippen molar-refractivity contribution in [3.05, 3.63) is 66.0 Å². The van der Waals surface area contributed by atoms with Crippen molar-refractivity contribution < 1.29 is 9.36 Å². The van der Waals surface area contributed by atoms with Crippen LogP contribution in [0.4, 0.5) is 0 Å². The molecule has 2 aromatic rings. The Morgan fingerprint density at radius 3 is 2.32 bits per heavy atom. The lowest BCUT2D eigenvalue weighted by molar-refractivity contribution is -0.688. The molecule has 1 amide bonds. The molecule has 0 unspecified atom stereocenters. The predicted molar refractivity (Wildman–Crippen MR) is 72.8 cm³/mol. The summed E-state index contributed by atoms with van der Waals surface area (Å²) in [6.07, 6.45) is 5.21. The average molecular weight is 256 g/mol. The lowest BCUT2D eigenvalue weighted by Gasteiger charge is -2.02. The Labute approximate surface area is 112 Å². The van der Waals surface area contributed by atoms with E-state index in [1.165, 1.54) is 5.56 Å². The van der Waals surface area contributed by atoms with E-state index in [1.807, 2.05) is 30.6 Å². The summed E-state index contributed by atoms with van der Waals surface area (Å²) in [7, 11) is 0. The Morgan fingerprint density at radius 2 is 1.68 bits per heavy atom. The van der Waals surface area contributed by atoms with Gasteiger partial charge in [-0.05, 0) is 12.0 Å². The minimum atomic E-state index is -0.135. The number of amides is 1. The molecule has 0 aliphatic heterocycles. The highest BCUT2D eigenvalue weighted by molar-refractivity contribution is 5.75. The number of aryl methyl sites for hydroxylation is 1. The van der Waals surface area contributed by atoms with Gasteiger partial charge in [0.2, 0.25) is 5.91 Å². The molecule has 2 rings (SSSR count). The molecule has 3 N–H and O–H groups in total. The molecule has 0 saturated carbocycles. The van der Waals surface area contributed by atoms with Crippen molar-refractivity contribution in [1.82, 2.24) is 5.43 Å². The summed E-state index contributed by atoms with van der Waals surface area (Å²) in [6.45, 7) is 0.852. The van der Waals surface area contributed by atoms with Crippen molar-refractivity contribution in [3.8, 4) is 0 Å². The maximum Gasteiger partial charge on any atom is 0.234 e. The number of nitrogens with two attached hydrogens (primary N) is 1. The fourth-order valence-electron chi connectivity index (χ4n) is 1.89. The summed E-state index contributed by atoms with van der Waals surface area (Å²) in [5.41, 5.74) is 4.52. The first kappa shape index (κ1) is 13.2. The molecule has 4 nitrogen and oxygen atoms in total. The van der Waals surface area contributed by atoms with Gasteiger partial charge >= 0.3 is 0 Å². The standard InChI is InChI=1S/C15H17N3O/c16-17-15(19)9-8-13-4-6-14(7-5-13)12-18-10-2-1-3-11-18/h1-7,10-11H,8-9,12,16H2/p+1. The average Bonchev–Trinajstić information content (AvgIpc) is 2.47. The molecule has 0 bridgehead atoms. The number of aromatic nitrogens is 1. The van der Waals surface area contributed by atoms with Gasteiger partial charge in [-0.15, -0.1) is 0 Å². The van der Waals surface area contributed by atoms with E-state index in [4.69, 9.17) is 5.84 Å². The van der Waals surface area contributed by atoms with Gasteiger partial charge in [0.1, 0.15) is 0 Å². The Balaban J connectivity index is 1.93. The van der Waals surface area contributed by atoms with Crippen LogP contribution in [-0.2, 0) is 17.8 Å². The Bertz CT molecular complexity index is 523. The lowest BCUT2D eigenvalue weighted by Crippen LogP contribution is -2.32. The van der Waals surface area contributed by atoms with Crippen LogP contribution in [0.2, 0.25) is 0 Å². The summed E-state index contributed by atoms with van der Waals surface area (Å²) in [5, 5.41) is 0. The van der Waals surface area contributed by atoms with E-state index in [0.717, 1.165) is 12.1 Å². The number of carbonyl (C=O) groups excluding carboxylic acids is 1. The molecule has 0 aliphatic rings. The van der Waals surface area contributed by atoms with Gasteiger partial charge in [0.15, 0.2) is 18.9 Å². The molecule has 0 fully saturated rings. The van der Waals surface area contributed by atoms with E-state index in [0.29, 0.717) is 12.8 Å². The van der Waals surface area contributed by atoms with Crippen LogP contribution in [0.5, 0.6) is 0 Å². The number of hydrogen-bond donors (Lipinski definition) is 2. The van der Waals surface area contributed by atoms with Gasteiger partial charge in [-0.3, -0.25) is 10.2 Å². The highest BCUT2D eigenvalue weighted by atomic mass is 16.2. The van der Waals surface area contributed by atoms with E-state index in [-0.39, 0.29) is 5.91 Å². The van der Waals surface area contributed by atoms with Crippen molar-refractivity contribution in [2.75, 3.05) is 0 Å². The van der Waals surface area contributed by atoms with Crippen molar-refractivity contribution in [2.45, 2.75) is 19.4 Å². The number of carbonyl (C=O) groups is 1. The van der Waals surface area contributed by atoms with Crippen LogP contribution in [-0.4, -0.2) is 5.91 Å². The number of hydrogen-bond acceptors (Lipinski definition) is 2. The minimum Gasteiger partial charge on any atom is -0.294 e. The SMILES string of the molecule is NNC(=O)CCc1ccc(C[n+]2ccccc2)cc1. The topological polar surface area (TPSA) is 59.0 Å². The van der Waals surface area contributed by atoms with Gasteiger partial charge in [-0.2, -0.15) is 0 Å². The first-order valence-corrected chi connectivity index (χ1v) is 6.29. The van der Waals surface area contributed by atoms with Gasteiger partial charge in [0.05, 0.1) is 0 Å². The van der Waals surface area contributed by atoms with Gasteiger partial charge in [-0.1, -0.05) is 30.3 Å². The third-order valence-electron chi connectivity index (χ3n) is 2.97. The second-order valence-electron chi connectivity index (χ2n) is 4.43. The van der Waals surface area contributed by atoms with Crippen LogP contribution in [0.25, 0.3) is 0 Å². The maximum absolute atomic E-state index is 11.1. The quantitative estimate of drug-likeness (QED) is 0.362. The normalized spacial score (nSPS) is 10.2. The van der Waals surface area contributed by atoms with Crippen molar-refractivity contribution in [2.24, 2.45) is 5.84 Å². The van der Waals surface area contributed by atoms with E-state index >= 15 is 0 Å². The second-order valence-corrected chi connectivity index (χ2v) is 4.43. The largest absolute Gasteiger partial charge is 0.294 e. The number of nitrogens with zero attached hydrogens (tertiary/aromatic N) is 1. The van der Waals surface area contributed by atoms with Crippen LogP contribution >= 0.6 is 0 Å². The lowest BCUT2D eigenvalue weighted by atomic mass is 10.1. The van der Waals surface area contributed by atoms with Gasteiger partial charge < -0.3 is 0 Å². The zero-order valence-electron chi connectivity index (χ0n) is 10.8. The van der Waals surface area contributed by atoms with Gasteiger partial charge in [0.25, 0.3) is 0 Å². The van der Waals surface area contributed by atoms with E-state index in [1.54, 1.807) is 0 Å². The summed E-state index contributed by atoms with van der Waals surface area (Å²) in [6, 6.07) is 14.3. The van der Waals surface area contributed by atoms with E-state index < -0.39 is 0 Å². The molecule has 98 valence electrons. The zero-order valence-corrected chi connectivity index (χ0v) is 10.8. The highest BCUT2D eigenvalue weighted by Crippen LogP contribution is 2.06. The third kappa shape index (κ3) is 4.19. The molecular formula is C15H18N3O+. The monoisotopic (exact) mass is 256 g/mol. The molecule has 0 aliphatic carbocycles. The highest BCUT2D eigenvalue weighted by Gasteiger charge is 2.03. The minimum absolute atomic E-state index is 0.135.